The molecule has 2 unspecified atom stereocenters. The second-order valence-electron chi connectivity index (χ2n) is 9.47. The van der Waals surface area contributed by atoms with Crippen molar-refractivity contribution in [3.05, 3.63) is 74.8 Å². The molecular weight excluding hydrogens is 560 g/mol. The first-order valence-corrected chi connectivity index (χ1v) is 12.8. The Balaban J connectivity index is 1.47. The van der Waals surface area contributed by atoms with Crippen LogP contribution in [-0.4, -0.2) is 100 Å². The SMILES string of the molecule is COc1ccccc1CCNC(=O)C1=C[C@H](O)[C@H](O)[C@@H](OC(C(N)=O)C2O[C@@H](n3ccc(=O)[nH]c3=O)[C@H](O)[C@@H]2OC)O1. The Kier molecular flexibility index (Phi) is 9.77. The van der Waals surface area contributed by atoms with E-state index in [1.54, 1.807) is 6.07 Å². The van der Waals surface area contributed by atoms with E-state index in [0.717, 1.165) is 28.5 Å². The van der Waals surface area contributed by atoms with Gasteiger partial charge in [-0.15, -0.1) is 0 Å². The van der Waals surface area contributed by atoms with Gasteiger partial charge in [-0.2, -0.15) is 0 Å². The second-order valence-corrected chi connectivity index (χ2v) is 9.47. The van der Waals surface area contributed by atoms with Gasteiger partial charge in [0.15, 0.2) is 18.1 Å². The quantitative estimate of drug-likeness (QED) is 0.153. The minimum absolute atomic E-state index is 0.169. The Morgan fingerprint density at radius 1 is 1.14 bits per heavy atom. The van der Waals surface area contributed by atoms with Gasteiger partial charge in [-0.3, -0.25) is 23.9 Å². The van der Waals surface area contributed by atoms with Gasteiger partial charge in [0.25, 0.3) is 11.5 Å². The maximum absolute atomic E-state index is 12.8. The molecule has 0 bridgehead atoms. The number of para-hydroxylation sites is 1. The van der Waals surface area contributed by atoms with Gasteiger partial charge in [-0.1, -0.05) is 18.2 Å². The van der Waals surface area contributed by atoms with Crippen LogP contribution in [0.15, 0.2) is 58.0 Å². The Labute approximate surface area is 238 Å². The minimum atomic E-state index is -1.79. The molecule has 2 amide bonds. The van der Waals surface area contributed by atoms with Crippen LogP contribution in [0.5, 0.6) is 5.75 Å². The number of nitrogens with one attached hydrogen (secondary N) is 2. The highest BCUT2D eigenvalue weighted by molar-refractivity contribution is 5.91. The predicted octanol–water partition coefficient (Wildman–Crippen LogP) is -2.99. The van der Waals surface area contributed by atoms with Crippen LogP contribution in [0.2, 0.25) is 0 Å². The fourth-order valence-corrected chi connectivity index (χ4v) is 4.70. The summed E-state index contributed by atoms with van der Waals surface area (Å²) in [5.74, 6) is -1.62. The molecule has 0 radical (unpaired) electrons. The Morgan fingerprint density at radius 2 is 1.88 bits per heavy atom. The summed E-state index contributed by atoms with van der Waals surface area (Å²) >= 11 is 0. The highest BCUT2D eigenvalue weighted by atomic mass is 16.7. The molecule has 2 aromatic rings. The molecule has 1 aromatic heterocycles. The van der Waals surface area contributed by atoms with Crippen LogP contribution in [0.25, 0.3) is 0 Å². The topological polar surface area (TPSA) is 234 Å². The number of benzene rings is 1. The third-order valence-electron chi connectivity index (χ3n) is 6.80. The molecule has 2 aliphatic rings. The molecular formula is C26H32N4O12. The zero-order valence-electron chi connectivity index (χ0n) is 22.6. The molecule has 0 saturated carbocycles. The van der Waals surface area contributed by atoms with Crippen molar-refractivity contribution in [3.8, 4) is 5.75 Å². The number of aromatic amines is 1. The summed E-state index contributed by atoms with van der Waals surface area (Å²) in [4.78, 5) is 51.0. The highest BCUT2D eigenvalue weighted by Gasteiger charge is 2.52. The number of rotatable bonds is 11. The summed E-state index contributed by atoms with van der Waals surface area (Å²) in [5, 5.41) is 34.3. The van der Waals surface area contributed by atoms with E-state index < -0.39 is 78.0 Å². The molecule has 1 fully saturated rings. The first-order valence-electron chi connectivity index (χ1n) is 12.8. The smallest absolute Gasteiger partial charge is 0.330 e. The lowest BCUT2D eigenvalue weighted by Crippen LogP contribution is -2.54. The average molecular weight is 593 g/mol. The molecule has 1 saturated heterocycles. The van der Waals surface area contributed by atoms with Crippen molar-refractivity contribution in [2.24, 2.45) is 5.73 Å². The number of carbonyl (C=O) groups is 2. The molecule has 228 valence electrons. The van der Waals surface area contributed by atoms with Gasteiger partial charge < -0.3 is 50.1 Å². The third kappa shape index (κ3) is 6.53. The number of aromatic nitrogens is 2. The lowest BCUT2D eigenvalue weighted by atomic mass is 10.0. The normalized spacial score (nSPS) is 27.9. The molecule has 2 aliphatic heterocycles. The fourth-order valence-electron chi connectivity index (χ4n) is 4.70. The molecule has 8 atom stereocenters. The number of hydrogen-bond acceptors (Lipinski definition) is 12. The molecule has 0 spiro atoms. The third-order valence-corrected chi connectivity index (χ3v) is 6.80. The van der Waals surface area contributed by atoms with Crippen LogP contribution in [0.4, 0.5) is 0 Å². The first-order chi connectivity index (χ1) is 20.0. The molecule has 16 nitrogen and oxygen atoms in total. The van der Waals surface area contributed by atoms with Gasteiger partial charge in [0, 0.05) is 25.9 Å². The number of methoxy groups -OCH3 is 2. The van der Waals surface area contributed by atoms with E-state index in [4.69, 9.17) is 29.4 Å². The van der Waals surface area contributed by atoms with Crippen LogP contribution < -0.4 is 27.0 Å². The van der Waals surface area contributed by atoms with Crippen molar-refractivity contribution in [2.75, 3.05) is 20.8 Å². The number of nitrogens with two attached hydrogens (primary N) is 1. The Hall–Kier alpha value is -4.06. The number of aliphatic hydroxyl groups is 3. The van der Waals surface area contributed by atoms with Crippen LogP contribution in [0, 0.1) is 0 Å². The van der Waals surface area contributed by atoms with Crippen LogP contribution >= 0.6 is 0 Å². The van der Waals surface area contributed by atoms with Crippen molar-refractivity contribution >= 4 is 11.8 Å². The van der Waals surface area contributed by atoms with Gasteiger partial charge >= 0.3 is 5.69 Å². The largest absolute Gasteiger partial charge is 0.496 e. The van der Waals surface area contributed by atoms with E-state index in [2.05, 4.69) is 5.32 Å². The summed E-state index contributed by atoms with van der Waals surface area (Å²) in [5.41, 5.74) is 4.80. The van der Waals surface area contributed by atoms with E-state index in [1.807, 2.05) is 23.2 Å². The molecule has 0 aliphatic carbocycles. The van der Waals surface area contributed by atoms with Crippen molar-refractivity contribution in [1.82, 2.24) is 14.9 Å². The van der Waals surface area contributed by atoms with Gasteiger partial charge in [-0.05, 0) is 24.1 Å². The molecule has 7 N–H and O–H groups in total. The molecule has 1 aromatic carbocycles. The molecule has 3 heterocycles. The van der Waals surface area contributed by atoms with E-state index in [1.165, 1.54) is 14.2 Å². The zero-order valence-corrected chi connectivity index (χ0v) is 22.6. The summed E-state index contributed by atoms with van der Waals surface area (Å²) < 4.78 is 28.3. The average Bonchev–Trinajstić information content (AvgIpc) is 3.28. The lowest BCUT2D eigenvalue weighted by Gasteiger charge is -2.35. The number of ether oxygens (including phenoxy) is 5. The molecule has 16 heteroatoms. The highest BCUT2D eigenvalue weighted by Crippen LogP contribution is 2.34. The van der Waals surface area contributed by atoms with Crippen molar-refractivity contribution in [2.45, 2.75) is 55.6 Å². The zero-order chi connectivity index (χ0) is 30.6. The minimum Gasteiger partial charge on any atom is -0.496 e. The number of primary amides is 1. The molecule has 4 rings (SSSR count). The monoisotopic (exact) mass is 592 g/mol. The standard InChI is InChI=1S/C26H32N4O12/c1-38-14-6-4-3-5-12(14)7-9-28-23(36)15-11-13(31)17(33)25(40-15)42-21(22(27)35)20-19(39-2)18(34)24(41-20)30-10-8-16(32)29-26(30)37/h3-6,8,10-11,13,17-21,24-25,31,33-34H,7,9H2,1-2H3,(H2,27,35)(H,28,36)(H,29,32,37)/t13-,17-,18+,19-,20?,21?,24+,25+/m0/s1. The number of H-pyrrole nitrogens is 1. The van der Waals surface area contributed by atoms with Crippen LogP contribution in [-0.2, 0) is 35.0 Å². The first kappa shape index (κ1) is 30.9. The van der Waals surface area contributed by atoms with Gasteiger partial charge in [-0.25, -0.2) is 4.79 Å². The maximum atomic E-state index is 12.8. The summed E-state index contributed by atoms with van der Waals surface area (Å²) in [7, 11) is 2.73. The van der Waals surface area contributed by atoms with Gasteiger partial charge in [0.1, 0.15) is 36.3 Å². The Bertz CT molecular complexity index is 1420. The Morgan fingerprint density at radius 3 is 2.55 bits per heavy atom. The summed E-state index contributed by atoms with van der Waals surface area (Å²) in [6, 6.07) is 8.27. The fraction of sp³-hybridized carbons (Fsp3) is 0.462. The maximum Gasteiger partial charge on any atom is 0.330 e. The van der Waals surface area contributed by atoms with Crippen LogP contribution in [0.3, 0.4) is 0 Å². The number of amides is 2. The number of hydrogen-bond donors (Lipinski definition) is 6. The summed E-state index contributed by atoms with van der Waals surface area (Å²) in [6.07, 6.45) is -10.2. The summed E-state index contributed by atoms with van der Waals surface area (Å²) in [6.45, 7) is 0.169. The van der Waals surface area contributed by atoms with Gasteiger partial charge in [0.05, 0.1) is 7.11 Å². The number of aliphatic hydroxyl groups excluding tert-OH is 3. The van der Waals surface area contributed by atoms with E-state index in [-0.39, 0.29) is 6.54 Å². The van der Waals surface area contributed by atoms with Crippen LogP contribution in [0.1, 0.15) is 11.8 Å². The van der Waals surface area contributed by atoms with E-state index in [9.17, 15) is 34.5 Å². The van der Waals surface area contributed by atoms with Crippen molar-refractivity contribution < 1.29 is 48.6 Å². The second kappa shape index (κ2) is 13.3. The van der Waals surface area contributed by atoms with E-state index >= 15 is 0 Å². The number of nitrogens with zero attached hydrogens (tertiary/aromatic N) is 1. The van der Waals surface area contributed by atoms with Crippen molar-refractivity contribution in [1.29, 1.82) is 0 Å². The van der Waals surface area contributed by atoms with Crippen molar-refractivity contribution in [3.63, 3.8) is 0 Å². The van der Waals surface area contributed by atoms with E-state index in [0.29, 0.717) is 12.2 Å². The van der Waals surface area contributed by atoms with Gasteiger partial charge in [0.2, 0.25) is 12.2 Å². The predicted molar refractivity (Wildman–Crippen MR) is 141 cm³/mol. The molecule has 42 heavy (non-hydrogen) atoms. The lowest BCUT2D eigenvalue weighted by molar-refractivity contribution is -0.241. The number of carbonyl (C=O) groups excluding carboxylic acids is 2.